The molecule has 1 aromatic carbocycles. The maximum Gasteiger partial charge on any atom is 0.303 e. The van der Waals surface area contributed by atoms with Gasteiger partial charge < -0.3 is 5.11 Å². The summed E-state index contributed by atoms with van der Waals surface area (Å²) >= 11 is 0. The third kappa shape index (κ3) is 6.93. The second-order valence-electron chi connectivity index (χ2n) is 4.55. The number of carboxylic acids is 1. The van der Waals surface area contributed by atoms with Gasteiger partial charge in [-0.1, -0.05) is 30.3 Å². The minimum atomic E-state index is -3.38. The van der Waals surface area contributed by atoms with Crippen molar-refractivity contribution in [3.8, 4) is 0 Å². The highest BCUT2D eigenvalue weighted by Crippen LogP contribution is 2.07. The molecule has 1 atom stereocenters. The number of aliphatic carboxylic acids is 1. The van der Waals surface area contributed by atoms with Gasteiger partial charge in [0.15, 0.2) is 0 Å². The number of carboxylic acid groups (broad SMARTS) is 1. The van der Waals surface area contributed by atoms with Crippen molar-refractivity contribution in [2.24, 2.45) is 0 Å². The Morgan fingerprint density at radius 2 is 1.95 bits per heavy atom. The summed E-state index contributed by atoms with van der Waals surface area (Å²) in [5.41, 5.74) is 0.729. The Bertz CT molecular complexity index is 499. The standard InChI is InChI=1S/C13H19NO4S/c1-11(6-5-9-13(15)16)14-19(17,18)10-12-7-3-2-4-8-12/h2-4,7-8,11,14H,5-6,9-10H2,1H3,(H,15,16). The van der Waals surface area contributed by atoms with E-state index in [1.807, 2.05) is 6.07 Å². The second-order valence-corrected chi connectivity index (χ2v) is 6.30. The first kappa shape index (κ1) is 15.7. The van der Waals surface area contributed by atoms with Crippen molar-refractivity contribution >= 4 is 16.0 Å². The van der Waals surface area contributed by atoms with Gasteiger partial charge in [0, 0.05) is 12.5 Å². The average molecular weight is 285 g/mol. The highest BCUT2D eigenvalue weighted by molar-refractivity contribution is 7.88. The zero-order chi connectivity index (χ0) is 14.3. The van der Waals surface area contributed by atoms with Crippen LogP contribution in [0.3, 0.4) is 0 Å². The molecule has 106 valence electrons. The van der Waals surface area contributed by atoms with Gasteiger partial charge in [-0.3, -0.25) is 4.79 Å². The first-order valence-electron chi connectivity index (χ1n) is 6.15. The lowest BCUT2D eigenvalue weighted by molar-refractivity contribution is -0.137. The van der Waals surface area contributed by atoms with Gasteiger partial charge in [0.1, 0.15) is 0 Å². The molecule has 0 heterocycles. The van der Waals surface area contributed by atoms with E-state index in [1.165, 1.54) is 0 Å². The molecule has 0 amide bonds. The molecule has 0 fully saturated rings. The summed E-state index contributed by atoms with van der Waals surface area (Å²) in [7, 11) is -3.38. The number of rotatable bonds is 8. The number of hydrogen-bond donors (Lipinski definition) is 2. The second kappa shape index (κ2) is 7.25. The summed E-state index contributed by atoms with van der Waals surface area (Å²) in [6.07, 6.45) is 1.04. The molecule has 5 nitrogen and oxygen atoms in total. The number of carbonyl (C=O) groups is 1. The van der Waals surface area contributed by atoms with Crippen LogP contribution < -0.4 is 4.72 Å². The van der Waals surface area contributed by atoms with Gasteiger partial charge >= 0.3 is 5.97 Å². The third-order valence-electron chi connectivity index (χ3n) is 2.61. The lowest BCUT2D eigenvalue weighted by Gasteiger charge is -2.13. The van der Waals surface area contributed by atoms with Crippen LogP contribution in [0.25, 0.3) is 0 Å². The molecule has 19 heavy (non-hydrogen) atoms. The highest BCUT2D eigenvalue weighted by Gasteiger charge is 2.15. The van der Waals surface area contributed by atoms with E-state index in [0.29, 0.717) is 12.8 Å². The summed E-state index contributed by atoms with van der Waals surface area (Å²) < 4.78 is 26.3. The van der Waals surface area contributed by atoms with Crippen LogP contribution in [0.5, 0.6) is 0 Å². The molecule has 0 saturated carbocycles. The first-order valence-corrected chi connectivity index (χ1v) is 7.80. The van der Waals surface area contributed by atoms with E-state index in [1.54, 1.807) is 31.2 Å². The van der Waals surface area contributed by atoms with Crippen LogP contribution in [-0.4, -0.2) is 25.5 Å². The summed E-state index contributed by atoms with van der Waals surface area (Å²) in [5, 5.41) is 8.52. The highest BCUT2D eigenvalue weighted by atomic mass is 32.2. The minimum Gasteiger partial charge on any atom is -0.481 e. The monoisotopic (exact) mass is 285 g/mol. The zero-order valence-electron chi connectivity index (χ0n) is 10.9. The molecule has 0 bridgehead atoms. The van der Waals surface area contributed by atoms with Gasteiger partial charge in [-0.05, 0) is 25.3 Å². The average Bonchev–Trinajstić information content (AvgIpc) is 2.28. The van der Waals surface area contributed by atoms with Crippen molar-refractivity contribution in [3.63, 3.8) is 0 Å². The lowest BCUT2D eigenvalue weighted by Crippen LogP contribution is -2.33. The lowest BCUT2D eigenvalue weighted by atomic mass is 10.1. The molecule has 2 N–H and O–H groups in total. The predicted molar refractivity (Wildman–Crippen MR) is 73.2 cm³/mol. The Kier molecular flexibility index (Phi) is 5.98. The third-order valence-corrected chi connectivity index (χ3v) is 4.08. The molecule has 1 unspecified atom stereocenters. The molecule has 0 radical (unpaired) electrons. The van der Waals surface area contributed by atoms with Crippen LogP contribution in [0, 0.1) is 0 Å². The van der Waals surface area contributed by atoms with E-state index in [4.69, 9.17) is 5.11 Å². The normalized spacial score (nSPS) is 13.1. The molecular weight excluding hydrogens is 266 g/mol. The van der Waals surface area contributed by atoms with Crippen LogP contribution in [0.15, 0.2) is 30.3 Å². The van der Waals surface area contributed by atoms with E-state index in [2.05, 4.69) is 4.72 Å². The Morgan fingerprint density at radius 3 is 2.53 bits per heavy atom. The van der Waals surface area contributed by atoms with Crippen molar-refractivity contribution in [3.05, 3.63) is 35.9 Å². The Morgan fingerprint density at radius 1 is 1.32 bits per heavy atom. The van der Waals surface area contributed by atoms with Gasteiger partial charge in [-0.25, -0.2) is 13.1 Å². The molecule has 0 aliphatic carbocycles. The van der Waals surface area contributed by atoms with Crippen LogP contribution in [0.1, 0.15) is 31.7 Å². The van der Waals surface area contributed by atoms with E-state index >= 15 is 0 Å². The molecule has 0 aliphatic heterocycles. The Hall–Kier alpha value is -1.40. The topological polar surface area (TPSA) is 83.5 Å². The molecular formula is C13H19NO4S. The first-order chi connectivity index (χ1) is 8.89. The zero-order valence-corrected chi connectivity index (χ0v) is 11.7. The summed E-state index contributed by atoms with van der Waals surface area (Å²) in [6, 6.07) is 8.68. The van der Waals surface area contributed by atoms with Crippen molar-refractivity contribution in [1.29, 1.82) is 0 Å². The molecule has 1 rings (SSSR count). The largest absolute Gasteiger partial charge is 0.481 e. The molecule has 0 aromatic heterocycles. The van der Waals surface area contributed by atoms with E-state index in [9.17, 15) is 13.2 Å². The van der Waals surface area contributed by atoms with Gasteiger partial charge in [-0.2, -0.15) is 0 Å². The number of hydrogen-bond acceptors (Lipinski definition) is 3. The number of sulfonamides is 1. The van der Waals surface area contributed by atoms with E-state index in [0.717, 1.165) is 5.56 Å². The molecule has 0 spiro atoms. The summed E-state index contributed by atoms with van der Waals surface area (Å²) in [5.74, 6) is -0.920. The molecule has 0 aliphatic rings. The van der Waals surface area contributed by atoms with Crippen molar-refractivity contribution < 1.29 is 18.3 Å². The van der Waals surface area contributed by atoms with Crippen molar-refractivity contribution in [1.82, 2.24) is 4.72 Å². The quantitative estimate of drug-likeness (QED) is 0.762. The van der Waals surface area contributed by atoms with Crippen LogP contribution in [0.2, 0.25) is 0 Å². The van der Waals surface area contributed by atoms with Crippen LogP contribution in [-0.2, 0) is 20.6 Å². The summed E-state index contributed by atoms with van der Waals surface area (Å²) in [4.78, 5) is 10.4. The molecule has 6 heteroatoms. The fraction of sp³-hybridized carbons (Fsp3) is 0.462. The van der Waals surface area contributed by atoms with Crippen molar-refractivity contribution in [2.45, 2.75) is 38.0 Å². The Labute approximate surface area is 113 Å². The van der Waals surface area contributed by atoms with Crippen LogP contribution in [0.4, 0.5) is 0 Å². The predicted octanol–water partition coefficient (Wildman–Crippen LogP) is 1.75. The fourth-order valence-electron chi connectivity index (χ4n) is 1.76. The van der Waals surface area contributed by atoms with E-state index < -0.39 is 16.0 Å². The fourth-order valence-corrected chi connectivity index (χ4v) is 3.21. The van der Waals surface area contributed by atoms with Crippen LogP contribution >= 0.6 is 0 Å². The molecule has 1 aromatic rings. The van der Waals surface area contributed by atoms with Gasteiger partial charge in [0.2, 0.25) is 10.0 Å². The van der Waals surface area contributed by atoms with E-state index in [-0.39, 0.29) is 18.2 Å². The number of benzene rings is 1. The SMILES string of the molecule is CC(CCCC(=O)O)NS(=O)(=O)Cc1ccccc1. The van der Waals surface area contributed by atoms with Gasteiger partial charge in [0.25, 0.3) is 0 Å². The smallest absolute Gasteiger partial charge is 0.303 e. The Balaban J connectivity index is 2.44. The maximum absolute atomic E-state index is 11.9. The number of nitrogens with one attached hydrogen (secondary N) is 1. The van der Waals surface area contributed by atoms with Gasteiger partial charge in [-0.15, -0.1) is 0 Å². The maximum atomic E-state index is 11.9. The van der Waals surface area contributed by atoms with Crippen molar-refractivity contribution in [2.75, 3.05) is 0 Å². The van der Waals surface area contributed by atoms with Gasteiger partial charge in [0.05, 0.1) is 5.75 Å². The minimum absolute atomic E-state index is 0.0584. The molecule has 0 saturated heterocycles. The summed E-state index contributed by atoms with van der Waals surface area (Å²) in [6.45, 7) is 1.74.